The molecular formula is C15H23N3O4S. The van der Waals surface area contributed by atoms with Crippen molar-refractivity contribution in [2.24, 2.45) is 0 Å². The van der Waals surface area contributed by atoms with Crippen molar-refractivity contribution in [2.45, 2.75) is 43.9 Å². The molecule has 0 atom stereocenters. The third kappa shape index (κ3) is 4.20. The van der Waals surface area contributed by atoms with Gasteiger partial charge in [0.1, 0.15) is 4.90 Å². The number of non-ortho nitro benzene ring substituents is 1. The molecule has 2 rings (SSSR count). The number of nitrogens with zero attached hydrogens (tertiary/aromatic N) is 2. The van der Waals surface area contributed by atoms with Gasteiger partial charge < -0.3 is 5.32 Å². The van der Waals surface area contributed by atoms with E-state index >= 15 is 0 Å². The van der Waals surface area contributed by atoms with Crippen LogP contribution in [0.2, 0.25) is 0 Å². The van der Waals surface area contributed by atoms with E-state index in [0.29, 0.717) is 25.3 Å². The zero-order valence-electron chi connectivity index (χ0n) is 13.3. The number of nitro benzene ring substituents is 1. The average Bonchev–Trinajstić information content (AvgIpc) is 3.06. The SMILES string of the molecule is CCCCCNc1ccc([N+](=O)[O-])cc1S(=O)(=O)N1CCCC1. The van der Waals surface area contributed by atoms with Crippen molar-refractivity contribution in [3.8, 4) is 0 Å². The van der Waals surface area contributed by atoms with Crippen molar-refractivity contribution < 1.29 is 13.3 Å². The molecule has 0 aliphatic carbocycles. The van der Waals surface area contributed by atoms with Gasteiger partial charge in [0, 0.05) is 31.8 Å². The molecule has 23 heavy (non-hydrogen) atoms. The first-order valence-corrected chi connectivity index (χ1v) is 9.43. The number of rotatable bonds is 8. The Morgan fingerprint density at radius 3 is 2.57 bits per heavy atom. The van der Waals surface area contributed by atoms with Crippen LogP contribution >= 0.6 is 0 Å². The molecule has 0 radical (unpaired) electrons. The molecule has 1 aromatic carbocycles. The Morgan fingerprint density at radius 2 is 1.96 bits per heavy atom. The van der Waals surface area contributed by atoms with Crippen LogP contribution < -0.4 is 5.32 Å². The minimum absolute atomic E-state index is 0.00472. The van der Waals surface area contributed by atoms with Crippen LogP contribution in [-0.2, 0) is 10.0 Å². The van der Waals surface area contributed by atoms with Gasteiger partial charge in [-0.2, -0.15) is 4.31 Å². The van der Waals surface area contributed by atoms with E-state index in [2.05, 4.69) is 12.2 Å². The van der Waals surface area contributed by atoms with Crippen molar-refractivity contribution in [1.82, 2.24) is 4.31 Å². The molecule has 0 aromatic heterocycles. The topological polar surface area (TPSA) is 92.5 Å². The minimum Gasteiger partial charge on any atom is -0.384 e. The molecule has 0 saturated carbocycles. The molecule has 1 heterocycles. The summed E-state index contributed by atoms with van der Waals surface area (Å²) in [6, 6.07) is 3.99. The second-order valence-corrected chi connectivity index (χ2v) is 7.59. The Hall–Kier alpha value is -1.67. The van der Waals surface area contributed by atoms with Crippen molar-refractivity contribution in [3.05, 3.63) is 28.3 Å². The molecule has 128 valence electrons. The zero-order valence-corrected chi connectivity index (χ0v) is 14.1. The molecule has 1 aromatic rings. The summed E-state index contributed by atoms with van der Waals surface area (Å²) in [6.07, 6.45) is 4.70. The maximum Gasteiger partial charge on any atom is 0.270 e. The highest BCUT2D eigenvalue weighted by molar-refractivity contribution is 7.89. The van der Waals surface area contributed by atoms with Crippen LogP contribution in [0.3, 0.4) is 0 Å². The molecule has 0 spiro atoms. The summed E-state index contributed by atoms with van der Waals surface area (Å²) in [4.78, 5) is 10.4. The lowest BCUT2D eigenvalue weighted by molar-refractivity contribution is -0.385. The summed E-state index contributed by atoms with van der Waals surface area (Å²) in [7, 11) is -3.70. The number of anilines is 1. The smallest absolute Gasteiger partial charge is 0.270 e. The maximum atomic E-state index is 12.8. The summed E-state index contributed by atoms with van der Waals surface area (Å²) >= 11 is 0. The molecule has 0 bridgehead atoms. The summed E-state index contributed by atoms with van der Waals surface area (Å²) in [6.45, 7) is 3.68. The van der Waals surface area contributed by atoms with Crippen LogP contribution in [0.15, 0.2) is 23.1 Å². The van der Waals surface area contributed by atoms with Gasteiger partial charge >= 0.3 is 0 Å². The van der Waals surface area contributed by atoms with Gasteiger partial charge in [-0.3, -0.25) is 10.1 Å². The Kier molecular flexibility index (Phi) is 5.95. The second-order valence-electron chi connectivity index (χ2n) is 5.68. The van der Waals surface area contributed by atoms with Crippen LogP contribution in [0.5, 0.6) is 0 Å². The number of sulfonamides is 1. The minimum atomic E-state index is -3.70. The largest absolute Gasteiger partial charge is 0.384 e. The predicted octanol–water partition coefficient (Wildman–Crippen LogP) is 2.98. The van der Waals surface area contributed by atoms with E-state index in [0.717, 1.165) is 38.2 Å². The van der Waals surface area contributed by atoms with E-state index in [9.17, 15) is 18.5 Å². The molecule has 7 nitrogen and oxygen atoms in total. The third-order valence-corrected chi connectivity index (χ3v) is 5.89. The fourth-order valence-electron chi connectivity index (χ4n) is 2.65. The van der Waals surface area contributed by atoms with Crippen LogP contribution in [0, 0.1) is 10.1 Å². The lowest BCUT2D eigenvalue weighted by Gasteiger charge is -2.18. The molecule has 0 unspecified atom stereocenters. The molecular weight excluding hydrogens is 318 g/mol. The van der Waals surface area contributed by atoms with Gasteiger partial charge in [0.2, 0.25) is 10.0 Å². The van der Waals surface area contributed by atoms with Crippen molar-refractivity contribution in [1.29, 1.82) is 0 Å². The monoisotopic (exact) mass is 341 g/mol. The summed E-state index contributed by atoms with van der Waals surface area (Å²) in [5, 5.41) is 14.1. The fourth-order valence-corrected chi connectivity index (χ4v) is 4.35. The Balaban J connectivity index is 2.32. The lowest BCUT2D eigenvalue weighted by atomic mass is 10.2. The van der Waals surface area contributed by atoms with Gasteiger partial charge in [-0.1, -0.05) is 19.8 Å². The summed E-state index contributed by atoms with van der Waals surface area (Å²) < 4.78 is 27.0. The van der Waals surface area contributed by atoms with E-state index < -0.39 is 14.9 Å². The van der Waals surface area contributed by atoms with Crippen molar-refractivity contribution in [2.75, 3.05) is 25.0 Å². The molecule has 1 aliphatic heterocycles. The molecule has 1 fully saturated rings. The molecule has 1 aliphatic rings. The van der Waals surface area contributed by atoms with Gasteiger partial charge in [-0.05, 0) is 25.3 Å². The predicted molar refractivity (Wildman–Crippen MR) is 89.1 cm³/mol. The van der Waals surface area contributed by atoms with Crippen LogP contribution in [0.4, 0.5) is 11.4 Å². The maximum absolute atomic E-state index is 12.8. The first-order chi connectivity index (χ1) is 11.0. The summed E-state index contributed by atoms with van der Waals surface area (Å²) in [5.41, 5.74) is 0.237. The van der Waals surface area contributed by atoms with Gasteiger partial charge in [-0.15, -0.1) is 0 Å². The average molecular weight is 341 g/mol. The number of hydrogen-bond acceptors (Lipinski definition) is 5. The Bertz CT molecular complexity index is 655. The van der Waals surface area contributed by atoms with Crippen molar-refractivity contribution in [3.63, 3.8) is 0 Å². The molecule has 1 N–H and O–H groups in total. The quantitative estimate of drug-likeness (QED) is 0.446. The van der Waals surface area contributed by atoms with E-state index in [1.807, 2.05) is 0 Å². The summed E-state index contributed by atoms with van der Waals surface area (Å²) in [5.74, 6) is 0. The van der Waals surface area contributed by atoms with Crippen molar-refractivity contribution >= 4 is 21.4 Å². The zero-order chi connectivity index (χ0) is 16.9. The Morgan fingerprint density at radius 1 is 1.26 bits per heavy atom. The van der Waals surface area contributed by atoms with E-state index in [1.165, 1.54) is 16.4 Å². The normalized spacial score (nSPS) is 15.7. The fraction of sp³-hybridized carbons (Fsp3) is 0.600. The van der Waals surface area contributed by atoms with Crippen LogP contribution in [0.25, 0.3) is 0 Å². The number of unbranched alkanes of at least 4 members (excludes halogenated alkanes) is 2. The lowest BCUT2D eigenvalue weighted by Crippen LogP contribution is -2.28. The molecule has 1 saturated heterocycles. The highest BCUT2D eigenvalue weighted by atomic mass is 32.2. The van der Waals surface area contributed by atoms with Gasteiger partial charge in [-0.25, -0.2) is 8.42 Å². The number of benzene rings is 1. The van der Waals surface area contributed by atoms with Crippen LogP contribution in [-0.4, -0.2) is 37.3 Å². The van der Waals surface area contributed by atoms with Gasteiger partial charge in [0.05, 0.1) is 10.6 Å². The number of nitrogens with one attached hydrogen (secondary N) is 1. The number of nitro groups is 1. The first-order valence-electron chi connectivity index (χ1n) is 7.99. The standard InChI is InChI=1S/C15H23N3O4S/c1-2-3-4-9-16-14-8-7-13(18(19)20)12-15(14)23(21,22)17-10-5-6-11-17/h7-8,12,16H,2-6,9-11H2,1H3. The van der Waals surface area contributed by atoms with Gasteiger partial charge in [0.15, 0.2) is 0 Å². The van der Waals surface area contributed by atoms with Gasteiger partial charge in [0.25, 0.3) is 5.69 Å². The first kappa shape index (κ1) is 17.7. The van der Waals surface area contributed by atoms with E-state index in [-0.39, 0.29) is 10.6 Å². The highest BCUT2D eigenvalue weighted by Gasteiger charge is 2.30. The highest BCUT2D eigenvalue weighted by Crippen LogP contribution is 2.30. The number of hydrogen-bond donors (Lipinski definition) is 1. The molecule has 0 amide bonds. The van der Waals surface area contributed by atoms with Crippen LogP contribution in [0.1, 0.15) is 39.0 Å². The van der Waals surface area contributed by atoms with E-state index in [1.54, 1.807) is 0 Å². The third-order valence-electron chi connectivity index (χ3n) is 3.95. The molecule has 8 heteroatoms. The Labute approximate surface area is 136 Å². The van der Waals surface area contributed by atoms with E-state index in [4.69, 9.17) is 0 Å². The second kappa shape index (κ2) is 7.74.